The number of aryl methyl sites for hydroxylation is 1. The smallest absolute Gasteiger partial charge is 0.349 e. The summed E-state index contributed by atoms with van der Waals surface area (Å²) in [4.78, 5) is 3.38. The van der Waals surface area contributed by atoms with E-state index in [2.05, 4.69) is 20.9 Å². The summed E-state index contributed by atoms with van der Waals surface area (Å²) in [6.45, 7) is 0. The lowest BCUT2D eigenvalue weighted by Gasteiger charge is -2.05. The summed E-state index contributed by atoms with van der Waals surface area (Å²) < 4.78 is 39.5. The van der Waals surface area contributed by atoms with Gasteiger partial charge in [-0.2, -0.15) is 13.2 Å². The number of rotatable bonds is 0. The second-order valence-corrected chi connectivity index (χ2v) is 4.03. The van der Waals surface area contributed by atoms with Crippen LogP contribution in [0.4, 0.5) is 13.2 Å². The Balaban J connectivity index is 2.71. The third-order valence-electron chi connectivity index (χ3n) is 2.12. The van der Waals surface area contributed by atoms with Gasteiger partial charge in [0.1, 0.15) is 5.69 Å². The van der Waals surface area contributed by atoms with Crippen molar-refractivity contribution in [1.82, 2.24) is 9.55 Å². The van der Waals surface area contributed by atoms with E-state index in [1.54, 1.807) is 17.8 Å². The Labute approximate surface area is 91.8 Å². The molecule has 2 rings (SSSR count). The molecule has 0 radical (unpaired) electrons. The van der Waals surface area contributed by atoms with Crippen molar-refractivity contribution >= 4 is 26.8 Å². The Bertz CT molecular complexity index is 516. The van der Waals surface area contributed by atoms with E-state index in [9.17, 15) is 13.2 Å². The van der Waals surface area contributed by atoms with Crippen molar-refractivity contribution < 1.29 is 13.2 Å². The first-order valence-corrected chi connectivity index (χ1v) is 4.86. The van der Waals surface area contributed by atoms with Gasteiger partial charge in [-0.3, -0.25) is 4.98 Å². The Morgan fingerprint density at radius 2 is 2.07 bits per heavy atom. The van der Waals surface area contributed by atoms with Crippen LogP contribution in [-0.4, -0.2) is 9.55 Å². The lowest BCUT2D eigenvalue weighted by atomic mass is 10.3. The molecule has 0 aliphatic carbocycles. The molecule has 80 valence electrons. The lowest BCUT2D eigenvalue weighted by Crippen LogP contribution is -2.07. The maximum Gasteiger partial charge on any atom is 0.433 e. The molecule has 0 fully saturated rings. The molecule has 2 heterocycles. The first-order valence-electron chi connectivity index (χ1n) is 4.07. The van der Waals surface area contributed by atoms with Gasteiger partial charge in [0.05, 0.1) is 5.52 Å². The van der Waals surface area contributed by atoms with E-state index in [-0.39, 0.29) is 0 Å². The average molecular weight is 279 g/mol. The number of hydrogen-bond donors (Lipinski definition) is 0. The number of alkyl halides is 3. The highest BCUT2D eigenvalue weighted by Gasteiger charge is 2.32. The van der Waals surface area contributed by atoms with Crippen LogP contribution in [0.3, 0.4) is 0 Å². The van der Waals surface area contributed by atoms with Gasteiger partial charge in [-0.05, 0) is 22.0 Å². The molecule has 0 atom stereocenters. The molecule has 2 aromatic heterocycles. The van der Waals surface area contributed by atoms with Crippen molar-refractivity contribution in [1.29, 1.82) is 0 Å². The summed E-state index contributed by atoms with van der Waals surface area (Å²) in [5, 5.41) is 0.672. The third-order valence-corrected chi connectivity index (χ3v) is 2.75. The number of hydrogen-bond acceptors (Lipinski definition) is 1. The minimum atomic E-state index is -4.40. The topological polar surface area (TPSA) is 17.8 Å². The van der Waals surface area contributed by atoms with Gasteiger partial charge >= 0.3 is 6.18 Å². The highest BCUT2D eigenvalue weighted by atomic mass is 79.9. The van der Waals surface area contributed by atoms with Crippen LogP contribution in [0.5, 0.6) is 0 Å². The zero-order valence-corrected chi connectivity index (χ0v) is 9.22. The van der Waals surface area contributed by atoms with E-state index in [0.29, 0.717) is 10.9 Å². The van der Waals surface area contributed by atoms with Gasteiger partial charge in [0.25, 0.3) is 0 Å². The quantitative estimate of drug-likeness (QED) is 0.723. The van der Waals surface area contributed by atoms with E-state index in [0.717, 1.165) is 10.5 Å². The summed E-state index contributed by atoms with van der Waals surface area (Å²) in [7, 11) is 1.69. The lowest BCUT2D eigenvalue weighted by molar-refractivity contribution is -0.141. The maximum atomic E-state index is 12.4. The van der Waals surface area contributed by atoms with Crippen molar-refractivity contribution in [2.75, 3.05) is 0 Å². The van der Waals surface area contributed by atoms with Crippen LogP contribution in [0.15, 0.2) is 22.9 Å². The second-order valence-electron chi connectivity index (χ2n) is 3.17. The van der Waals surface area contributed by atoms with Crippen molar-refractivity contribution in [2.45, 2.75) is 6.18 Å². The number of halogens is 4. The van der Waals surface area contributed by atoms with E-state index >= 15 is 0 Å². The average Bonchev–Trinajstić information content (AvgIpc) is 2.41. The van der Waals surface area contributed by atoms with Crippen molar-refractivity contribution in [3.05, 3.63) is 28.6 Å². The first kappa shape index (κ1) is 10.5. The van der Waals surface area contributed by atoms with E-state index in [1.165, 1.54) is 6.20 Å². The molecule has 0 aromatic carbocycles. The summed E-state index contributed by atoms with van der Waals surface area (Å²) in [6, 6.07) is 1.04. The van der Waals surface area contributed by atoms with Crippen molar-refractivity contribution in [3.63, 3.8) is 0 Å². The molecular formula is C9H6BrF3N2. The fourth-order valence-electron chi connectivity index (χ4n) is 1.38. The largest absolute Gasteiger partial charge is 0.433 e. The summed E-state index contributed by atoms with van der Waals surface area (Å²) >= 11 is 3.25. The van der Waals surface area contributed by atoms with Gasteiger partial charge in [0, 0.05) is 29.3 Å². The minimum absolute atomic E-state index is 0.504. The fourth-order valence-corrected chi connectivity index (χ4v) is 2.00. The van der Waals surface area contributed by atoms with E-state index < -0.39 is 11.9 Å². The Morgan fingerprint density at radius 3 is 2.67 bits per heavy atom. The highest BCUT2D eigenvalue weighted by molar-refractivity contribution is 9.10. The molecule has 15 heavy (non-hydrogen) atoms. The van der Waals surface area contributed by atoms with Crippen LogP contribution in [0.2, 0.25) is 0 Å². The first-order chi connectivity index (χ1) is 6.89. The molecule has 0 bridgehead atoms. The molecule has 6 heteroatoms. The van der Waals surface area contributed by atoms with Gasteiger partial charge < -0.3 is 4.57 Å². The fraction of sp³-hybridized carbons (Fsp3) is 0.222. The summed E-state index contributed by atoms with van der Waals surface area (Å²) in [5.41, 5.74) is -0.368. The summed E-state index contributed by atoms with van der Waals surface area (Å²) in [5.74, 6) is 0. The minimum Gasteiger partial charge on any atom is -0.349 e. The summed E-state index contributed by atoms with van der Waals surface area (Å²) in [6.07, 6.45) is -1.47. The van der Waals surface area contributed by atoms with Gasteiger partial charge in [-0.15, -0.1) is 0 Å². The van der Waals surface area contributed by atoms with Crippen LogP contribution < -0.4 is 0 Å². The van der Waals surface area contributed by atoms with Crippen LogP contribution in [0, 0.1) is 0 Å². The monoisotopic (exact) mass is 278 g/mol. The molecule has 0 saturated heterocycles. The van der Waals surface area contributed by atoms with E-state index in [4.69, 9.17) is 0 Å². The predicted octanol–water partition coefficient (Wildman–Crippen LogP) is 3.35. The van der Waals surface area contributed by atoms with Gasteiger partial charge in [-0.1, -0.05) is 0 Å². The SMILES string of the molecule is Cn1cc(Br)c2cnc(C(F)(F)F)cc21. The molecule has 2 nitrogen and oxygen atoms in total. The van der Waals surface area contributed by atoms with Crippen molar-refractivity contribution in [3.8, 4) is 0 Å². The molecule has 0 N–H and O–H groups in total. The predicted molar refractivity (Wildman–Crippen MR) is 53.4 cm³/mol. The Morgan fingerprint density at radius 1 is 1.40 bits per heavy atom. The molecule has 0 saturated carbocycles. The number of fused-ring (bicyclic) bond motifs is 1. The number of nitrogens with zero attached hydrogens (tertiary/aromatic N) is 2. The molecule has 0 spiro atoms. The molecular weight excluding hydrogens is 273 g/mol. The van der Waals surface area contributed by atoms with Gasteiger partial charge in [0.2, 0.25) is 0 Å². The van der Waals surface area contributed by atoms with Gasteiger partial charge in [0.15, 0.2) is 0 Å². The molecule has 0 unspecified atom stereocenters. The standard InChI is InChI=1S/C9H6BrF3N2/c1-15-4-6(10)5-3-14-8(2-7(5)15)9(11,12)13/h2-4H,1H3. The third kappa shape index (κ3) is 1.73. The molecule has 0 amide bonds. The molecule has 0 aliphatic rings. The van der Waals surface area contributed by atoms with Crippen LogP contribution in [0.25, 0.3) is 10.9 Å². The molecule has 0 aliphatic heterocycles. The zero-order valence-electron chi connectivity index (χ0n) is 7.64. The second kappa shape index (κ2) is 3.23. The normalized spacial score (nSPS) is 12.3. The van der Waals surface area contributed by atoms with Crippen LogP contribution in [0.1, 0.15) is 5.69 Å². The van der Waals surface area contributed by atoms with E-state index in [1.807, 2.05) is 0 Å². The highest BCUT2D eigenvalue weighted by Crippen LogP contribution is 2.31. The van der Waals surface area contributed by atoms with Crippen LogP contribution >= 0.6 is 15.9 Å². The number of pyridine rings is 1. The Hall–Kier alpha value is -1.04. The maximum absolute atomic E-state index is 12.4. The zero-order chi connectivity index (χ0) is 11.2. The van der Waals surface area contributed by atoms with Crippen molar-refractivity contribution in [2.24, 2.45) is 7.05 Å². The van der Waals surface area contributed by atoms with Crippen LogP contribution in [-0.2, 0) is 13.2 Å². The van der Waals surface area contributed by atoms with Gasteiger partial charge in [-0.25, -0.2) is 0 Å². The molecule has 2 aromatic rings. The number of aromatic nitrogens is 2. The Kier molecular flexibility index (Phi) is 2.26.